The maximum Gasteiger partial charge on any atom is 0.159 e. The van der Waals surface area contributed by atoms with Gasteiger partial charge in [0.1, 0.15) is 5.15 Å². The van der Waals surface area contributed by atoms with Gasteiger partial charge < -0.3 is 0 Å². The molecule has 0 aliphatic rings. The quantitative estimate of drug-likeness (QED) is 0.628. The first-order valence-electron chi connectivity index (χ1n) is 6.20. The summed E-state index contributed by atoms with van der Waals surface area (Å²) in [6, 6.07) is 2.03. The van der Waals surface area contributed by atoms with Gasteiger partial charge in [0.2, 0.25) is 0 Å². The molecule has 0 aliphatic carbocycles. The lowest BCUT2D eigenvalue weighted by Gasteiger charge is -2.08. The van der Waals surface area contributed by atoms with E-state index in [0.717, 1.165) is 27.9 Å². The molecule has 0 spiro atoms. The largest absolute Gasteiger partial charge is 0.250 e. The predicted octanol–water partition coefficient (Wildman–Crippen LogP) is 4.21. The Morgan fingerprint density at radius 3 is 2.74 bits per heavy atom. The van der Waals surface area contributed by atoms with E-state index in [1.165, 1.54) is 0 Å². The third-order valence-corrected chi connectivity index (χ3v) is 3.83. The number of hydrogen-bond donors (Lipinski definition) is 0. The van der Waals surface area contributed by atoms with Crippen LogP contribution in [-0.4, -0.2) is 20.6 Å². The van der Waals surface area contributed by atoms with Crippen molar-refractivity contribution >= 4 is 40.3 Å². The molecule has 2 rings (SSSR count). The minimum atomic E-state index is 0.388. The zero-order chi connectivity index (χ0) is 14.2. The second kappa shape index (κ2) is 5.51. The van der Waals surface area contributed by atoms with Crippen LogP contribution >= 0.6 is 23.2 Å². The van der Waals surface area contributed by atoms with Crippen molar-refractivity contribution in [2.75, 3.05) is 5.88 Å². The number of allylic oxidation sites excluding steroid dienone is 1. The fourth-order valence-corrected chi connectivity index (χ4v) is 2.57. The lowest BCUT2D eigenvalue weighted by atomic mass is 10.0. The Balaban J connectivity index is 2.61. The molecule has 102 valence electrons. The van der Waals surface area contributed by atoms with Crippen molar-refractivity contribution in [3.63, 3.8) is 0 Å². The average molecular weight is 298 g/mol. The molecule has 2 aromatic heterocycles. The Kier molecular flexibility index (Phi) is 4.16. The van der Waals surface area contributed by atoms with E-state index in [-0.39, 0.29) is 0 Å². The van der Waals surface area contributed by atoms with Crippen LogP contribution < -0.4 is 0 Å². The van der Waals surface area contributed by atoms with E-state index in [1.807, 2.05) is 26.1 Å². The van der Waals surface area contributed by atoms with Crippen LogP contribution in [0.2, 0.25) is 5.15 Å². The molecule has 0 aliphatic heterocycles. The van der Waals surface area contributed by atoms with Crippen LogP contribution in [0.15, 0.2) is 11.6 Å². The Labute approximate surface area is 123 Å². The third kappa shape index (κ3) is 2.77. The summed E-state index contributed by atoms with van der Waals surface area (Å²) in [5, 5.41) is 5.86. The minimum Gasteiger partial charge on any atom is -0.250 e. The van der Waals surface area contributed by atoms with Gasteiger partial charge in [0.25, 0.3) is 0 Å². The SMILES string of the molecule is Cc1nn(C)c2nc(Cl)c(C=C(CCl)C(C)C)cc12. The fraction of sp³-hybridized carbons (Fsp3) is 0.429. The second-order valence-electron chi connectivity index (χ2n) is 4.96. The molecular weight excluding hydrogens is 281 g/mol. The average Bonchev–Trinajstić information content (AvgIpc) is 2.61. The highest BCUT2D eigenvalue weighted by atomic mass is 35.5. The first-order valence-corrected chi connectivity index (χ1v) is 7.11. The number of fused-ring (bicyclic) bond motifs is 1. The standard InChI is InChI=1S/C14H17Cl2N3/c1-8(2)11(7-15)5-10-6-12-9(3)18-19(4)14(12)17-13(10)16/h5-6,8H,7H2,1-4H3. The number of nitrogens with zero attached hydrogens (tertiary/aromatic N) is 3. The zero-order valence-electron chi connectivity index (χ0n) is 11.5. The monoisotopic (exact) mass is 297 g/mol. The normalized spacial score (nSPS) is 12.7. The third-order valence-electron chi connectivity index (χ3n) is 3.22. The van der Waals surface area contributed by atoms with Gasteiger partial charge >= 0.3 is 0 Å². The first-order chi connectivity index (χ1) is 8.93. The summed E-state index contributed by atoms with van der Waals surface area (Å²) < 4.78 is 1.74. The summed E-state index contributed by atoms with van der Waals surface area (Å²) in [7, 11) is 1.87. The molecule has 0 saturated carbocycles. The van der Waals surface area contributed by atoms with E-state index >= 15 is 0 Å². The number of hydrogen-bond acceptors (Lipinski definition) is 2. The number of pyridine rings is 1. The molecule has 0 aromatic carbocycles. The van der Waals surface area contributed by atoms with Crippen LogP contribution in [-0.2, 0) is 7.05 Å². The zero-order valence-corrected chi connectivity index (χ0v) is 13.0. The smallest absolute Gasteiger partial charge is 0.159 e. The molecule has 5 heteroatoms. The molecule has 0 bridgehead atoms. The second-order valence-corrected chi connectivity index (χ2v) is 5.58. The topological polar surface area (TPSA) is 30.7 Å². The highest BCUT2D eigenvalue weighted by Crippen LogP contribution is 2.26. The predicted molar refractivity (Wildman–Crippen MR) is 81.8 cm³/mol. The van der Waals surface area contributed by atoms with E-state index in [1.54, 1.807) is 4.68 Å². The van der Waals surface area contributed by atoms with Gasteiger partial charge in [-0.05, 0) is 18.9 Å². The van der Waals surface area contributed by atoms with Gasteiger partial charge in [-0.25, -0.2) is 4.98 Å². The van der Waals surface area contributed by atoms with E-state index < -0.39 is 0 Å². The van der Waals surface area contributed by atoms with Crippen molar-refractivity contribution < 1.29 is 0 Å². The van der Waals surface area contributed by atoms with Crippen LogP contribution in [0.1, 0.15) is 25.1 Å². The summed E-state index contributed by atoms with van der Waals surface area (Å²) in [5.74, 6) is 0.886. The Morgan fingerprint density at radius 1 is 1.47 bits per heavy atom. The van der Waals surface area contributed by atoms with E-state index in [4.69, 9.17) is 23.2 Å². The number of aryl methyl sites for hydroxylation is 2. The van der Waals surface area contributed by atoms with Crippen LogP contribution in [0.4, 0.5) is 0 Å². The van der Waals surface area contributed by atoms with Gasteiger partial charge in [-0.15, -0.1) is 11.6 Å². The molecule has 0 radical (unpaired) electrons. The van der Waals surface area contributed by atoms with Crippen LogP contribution in [0, 0.1) is 12.8 Å². The number of rotatable bonds is 3. The summed E-state index contributed by atoms with van der Waals surface area (Å²) in [6.07, 6.45) is 2.03. The first kappa shape index (κ1) is 14.4. The molecule has 0 amide bonds. The molecule has 0 saturated heterocycles. The van der Waals surface area contributed by atoms with Crippen molar-refractivity contribution in [3.8, 4) is 0 Å². The van der Waals surface area contributed by atoms with Crippen molar-refractivity contribution in [2.45, 2.75) is 20.8 Å². The van der Waals surface area contributed by atoms with E-state index in [2.05, 4.69) is 23.9 Å². The maximum absolute atomic E-state index is 6.25. The van der Waals surface area contributed by atoms with E-state index in [9.17, 15) is 0 Å². The van der Waals surface area contributed by atoms with Crippen molar-refractivity contribution in [3.05, 3.63) is 28.0 Å². The van der Waals surface area contributed by atoms with Crippen molar-refractivity contribution in [1.82, 2.24) is 14.8 Å². The number of alkyl halides is 1. The minimum absolute atomic E-state index is 0.388. The highest BCUT2D eigenvalue weighted by Gasteiger charge is 2.11. The summed E-state index contributed by atoms with van der Waals surface area (Å²) in [6.45, 7) is 6.20. The van der Waals surface area contributed by atoms with Gasteiger partial charge in [-0.3, -0.25) is 4.68 Å². The molecule has 19 heavy (non-hydrogen) atoms. The lowest BCUT2D eigenvalue weighted by molar-refractivity contribution is 0.773. The number of halogens is 2. The summed E-state index contributed by atoms with van der Waals surface area (Å²) in [4.78, 5) is 4.42. The van der Waals surface area contributed by atoms with Crippen molar-refractivity contribution in [2.24, 2.45) is 13.0 Å². The van der Waals surface area contributed by atoms with Gasteiger partial charge in [-0.2, -0.15) is 5.10 Å². The van der Waals surface area contributed by atoms with Crippen LogP contribution in [0.5, 0.6) is 0 Å². The Hall–Kier alpha value is -1.06. The van der Waals surface area contributed by atoms with Gasteiger partial charge in [0, 0.05) is 23.9 Å². The summed E-state index contributed by atoms with van der Waals surface area (Å²) >= 11 is 12.2. The Morgan fingerprint density at radius 2 is 2.16 bits per heavy atom. The highest BCUT2D eigenvalue weighted by molar-refractivity contribution is 6.31. The van der Waals surface area contributed by atoms with Gasteiger partial charge in [0.05, 0.1) is 5.69 Å². The summed E-state index contributed by atoms with van der Waals surface area (Å²) in [5.41, 5.74) is 3.80. The van der Waals surface area contributed by atoms with Gasteiger partial charge in [0.15, 0.2) is 5.65 Å². The van der Waals surface area contributed by atoms with Crippen molar-refractivity contribution in [1.29, 1.82) is 0 Å². The van der Waals surface area contributed by atoms with Crippen LogP contribution in [0.25, 0.3) is 17.1 Å². The molecule has 2 aromatic rings. The maximum atomic E-state index is 6.25. The fourth-order valence-electron chi connectivity index (χ4n) is 2.00. The molecule has 3 nitrogen and oxygen atoms in total. The molecular formula is C14H17Cl2N3. The lowest BCUT2D eigenvalue weighted by Crippen LogP contribution is -1.97. The molecule has 0 fully saturated rings. The Bertz CT molecular complexity index is 642. The molecule has 0 unspecified atom stereocenters. The molecule has 2 heterocycles. The van der Waals surface area contributed by atoms with E-state index in [0.29, 0.717) is 17.0 Å². The molecule has 0 N–H and O–H groups in total. The number of aromatic nitrogens is 3. The van der Waals surface area contributed by atoms with Gasteiger partial charge in [-0.1, -0.05) is 37.1 Å². The molecule has 0 atom stereocenters. The van der Waals surface area contributed by atoms with Crippen LogP contribution in [0.3, 0.4) is 0 Å².